The highest BCUT2D eigenvalue weighted by Gasteiger charge is 2.18. The summed E-state index contributed by atoms with van der Waals surface area (Å²) < 4.78 is 11.2. The Morgan fingerprint density at radius 1 is 0.390 bits per heavy atom. The van der Waals surface area contributed by atoms with E-state index in [2.05, 4.69) is 167 Å². The van der Waals surface area contributed by atoms with Crippen LogP contribution in [-0.2, 0) is 0 Å². The van der Waals surface area contributed by atoms with Crippen LogP contribution in [0.25, 0.3) is 88.4 Å². The molecule has 5 heteroatoms. The maximum atomic E-state index is 11.7. The molecule has 11 aromatic rings. The number of fused-ring (bicyclic) bond motifs is 6. The lowest BCUT2D eigenvalue weighted by Gasteiger charge is -2.17. The first-order valence-electron chi connectivity index (χ1n) is 19.8. The van der Waals surface area contributed by atoms with Gasteiger partial charge in [-0.1, -0.05) is 133 Å². The Labute approximate surface area is 342 Å². The Hall–Kier alpha value is -7.76. The van der Waals surface area contributed by atoms with Crippen molar-refractivity contribution in [3.05, 3.63) is 206 Å². The highest BCUT2D eigenvalue weighted by Crippen LogP contribution is 2.42. The number of phenolic OH excluding ortho intramolecular Hbond substituents is 1. The van der Waals surface area contributed by atoms with Gasteiger partial charge in [0.15, 0.2) is 0 Å². The fraction of sp³-hybridized carbons (Fsp3) is 0. The number of benzene rings is 9. The Bertz CT molecular complexity index is 3310. The van der Waals surface area contributed by atoms with Gasteiger partial charge in [0.05, 0.1) is 27.8 Å². The lowest BCUT2D eigenvalue weighted by atomic mass is 9.94. The Morgan fingerprint density at radius 2 is 0.949 bits per heavy atom. The van der Waals surface area contributed by atoms with Crippen molar-refractivity contribution in [2.75, 3.05) is 0 Å². The van der Waals surface area contributed by atoms with Crippen molar-refractivity contribution in [2.45, 2.75) is 0 Å². The number of phenols is 1. The molecule has 0 amide bonds. The third-order valence-corrected chi connectivity index (χ3v) is 11.4. The smallest absolute Gasteiger partial charge is 0.128 e. The molecule has 4 nitrogen and oxygen atoms in total. The molecule has 0 aliphatic carbocycles. The molecule has 0 aliphatic heterocycles. The molecule has 0 aliphatic rings. The highest BCUT2D eigenvalue weighted by atomic mass is 16.5. The predicted molar refractivity (Wildman–Crippen MR) is 245 cm³/mol. The van der Waals surface area contributed by atoms with Gasteiger partial charge in [0.25, 0.3) is 0 Å². The number of hydrogen-bond acceptors (Lipinski definition) is 2. The summed E-state index contributed by atoms with van der Waals surface area (Å²) in [5, 5.41) is 16.5. The van der Waals surface area contributed by atoms with Crippen molar-refractivity contribution in [3.63, 3.8) is 0 Å². The van der Waals surface area contributed by atoms with E-state index in [4.69, 9.17) is 12.6 Å². The first-order valence-corrected chi connectivity index (χ1v) is 19.8. The summed E-state index contributed by atoms with van der Waals surface area (Å²) in [6.07, 6.45) is 0. The first kappa shape index (κ1) is 34.5. The van der Waals surface area contributed by atoms with Crippen molar-refractivity contribution < 1.29 is 9.84 Å². The Kier molecular flexibility index (Phi) is 8.19. The van der Waals surface area contributed by atoms with E-state index >= 15 is 0 Å². The summed E-state index contributed by atoms with van der Waals surface area (Å²) in [6.45, 7) is 0. The molecular weight excluding hydrogens is 719 g/mol. The van der Waals surface area contributed by atoms with Crippen molar-refractivity contribution in [3.8, 4) is 62.0 Å². The molecule has 2 heterocycles. The summed E-state index contributed by atoms with van der Waals surface area (Å²) in [5.41, 5.74) is 12.7. The molecule has 1 N–H and O–H groups in total. The van der Waals surface area contributed by atoms with E-state index in [-0.39, 0.29) is 5.75 Å². The van der Waals surface area contributed by atoms with Gasteiger partial charge in [-0.25, -0.2) is 0 Å². The molecule has 0 atom stereocenters. The number of nitrogens with zero attached hydrogens (tertiary/aromatic N) is 2. The van der Waals surface area contributed by atoms with Gasteiger partial charge in [-0.3, -0.25) is 0 Å². The largest absolute Gasteiger partial charge is 0.507 e. The van der Waals surface area contributed by atoms with Crippen LogP contribution in [0.1, 0.15) is 0 Å². The van der Waals surface area contributed by atoms with Crippen LogP contribution >= 0.6 is 0 Å². The SMILES string of the molecule is [B]c1ccccc1Oc1cc(-c2cccc(-n3c4ccccc4c4ccccc43)c2)cc(-c2cc(-c3ccccc3-n3c4ccccc4c4ccccc43)ccc2O)c1. The van der Waals surface area contributed by atoms with Crippen LogP contribution in [0.15, 0.2) is 206 Å². The second-order valence-corrected chi connectivity index (χ2v) is 14.9. The van der Waals surface area contributed by atoms with Gasteiger partial charge in [-0.15, -0.1) is 0 Å². The Balaban J connectivity index is 1.08. The molecule has 0 saturated carbocycles. The van der Waals surface area contributed by atoms with Crippen molar-refractivity contribution in [1.82, 2.24) is 9.13 Å². The number of aromatic hydroxyl groups is 1. The third kappa shape index (κ3) is 5.86. The summed E-state index contributed by atoms with van der Waals surface area (Å²) >= 11 is 0. The van der Waals surface area contributed by atoms with Crippen LogP contribution in [0.2, 0.25) is 0 Å². The zero-order valence-electron chi connectivity index (χ0n) is 32.0. The van der Waals surface area contributed by atoms with Gasteiger partial charge in [0.1, 0.15) is 25.1 Å². The summed E-state index contributed by atoms with van der Waals surface area (Å²) in [7, 11) is 6.39. The number of ether oxygens (including phenoxy) is 1. The van der Waals surface area contributed by atoms with Gasteiger partial charge in [-0.05, 0) is 101 Å². The van der Waals surface area contributed by atoms with Crippen LogP contribution in [0.4, 0.5) is 0 Å². The summed E-state index contributed by atoms with van der Waals surface area (Å²) in [5.74, 6) is 1.34. The monoisotopic (exact) mass is 754 g/mol. The van der Waals surface area contributed by atoms with E-state index in [1.165, 1.54) is 21.5 Å². The second-order valence-electron chi connectivity index (χ2n) is 14.9. The second kappa shape index (κ2) is 14.0. The van der Waals surface area contributed by atoms with Crippen molar-refractivity contribution in [1.29, 1.82) is 0 Å². The van der Waals surface area contributed by atoms with Gasteiger partial charge >= 0.3 is 0 Å². The van der Waals surface area contributed by atoms with E-state index in [9.17, 15) is 5.11 Å². The van der Waals surface area contributed by atoms with Gasteiger partial charge < -0.3 is 19.0 Å². The first-order chi connectivity index (χ1) is 29.1. The van der Waals surface area contributed by atoms with Crippen LogP contribution < -0.4 is 10.2 Å². The fourth-order valence-corrected chi connectivity index (χ4v) is 8.74. The van der Waals surface area contributed by atoms with Crippen molar-refractivity contribution in [2.24, 2.45) is 0 Å². The van der Waals surface area contributed by atoms with Crippen molar-refractivity contribution >= 4 is 56.9 Å². The Morgan fingerprint density at radius 3 is 1.61 bits per heavy atom. The minimum Gasteiger partial charge on any atom is -0.507 e. The van der Waals surface area contributed by atoms with E-state index in [0.29, 0.717) is 22.5 Å². The number of aromatic nitrogens is 2. The number of rotatable bonds is 7. The minimum atomic E-state index is 0.171. The molecule has 0 spiro atoms. The molecule has 2 aromatic heterocycles. The fourth-order valence-electron chi connectivity index (χ4n) is 8.74. The van der Waals surface area contributed by atoms with Gasteiger partial charge in [0, 0.05) is 38.4 Å². The number of para-hydroxylation sites is 6. The van der Waals surface area contributed by atoms with Gasteiger partial charge in [-0.2, -0.15) is 0 Å². The molecule has 0 fully saturated rings. The maximum absolute atomic E-state index is 11.7. The van der Waals surface area contributed by atoms with Crippen LogP contribution in [-0.4, -0.2) is 22.1 Å². The van der Waals surface area contributed by atoms with E-state index in [1.807, 2.05) is 42.5 Å². The standard InChI is InChI=1S/C54H35BN2O2/c55-47-21-6-12-27-54(47)59-40-32-37(35-14-13-15-39(31-35)56-49-23-8-2-17-42(49)43-18-3-9-24-50(43)56)30-38(33-40)46-34-36(28-29-53(46)58)41-16-1-7-22-48(41)57-51-25-10-4-19-44(51)45-20-5-11-26-52(45)57/h1-34,58H. The zero-order valence-corrected chi connectivity index (χ0v) is 32.0. The van der Waals surface area contributed by atoms with Gasteiger partial charge in [0.2, 0.25) is 0 Å². The summed E-state index contributed by atoms with van der Waals surface area (Å²) in [6, 6.07) is 70.7. The predicted octanol–water partition coefficient (Wildman–Crippen LogP) is 13.2. The average molecular weight is 755 g/mol. The lowest BCUT2D eigenvalue weighted by Crippen LogP contribution is -2.05. The lowest BCUT2D eigenvalue weighted by molar-refractivity contribution is 0.477. The molecule has 9 aromatic carbocycles. The third-order valence-electron chi connectivity index (χ3n) is 11.4. The van der Waals surface area contributed by atoms with E-state index < -0.39 is 0 Å². The number of hydrogen-bond donors (Lipinski definition) is 1. The zero-order chi connectivity index (χ0) is 39.5. The molecular formula is C54H35BN2O2. The van der Waals surface area contributed by atoms with Crippen LogP contribution in [0.5, 0.6) is 17.2 Å². The molecule has 2 radical (unpaired) electrons. The van der Waals surface area contributed by atoms with Crippen LogP contribution in [0, 0.1) is 0 Å². The molecule has 0 bridgehead atoms. The topological polar surface area (TPSA) is 39.3 Å². The van der Waals surface area contributed by atoms with E-state index in [1.54, 1.807) is 6.07 Å². The minimum absolute atomic E-state index is 0.171. The average Bonchev–Trinajstić information content (AvgIpc) is 3.80. The molecule has 276 valence electrons. The molecule has 59 heavy (non-hydrogen) atoms. The van der Waals surface area contributed by atoms with E-state index in [0.717, 1.165) is 61.3 Å². The highest BCUT2D eigenvalue weighted by molar-refractivity contribution is 6.34. The summed E-state index contributed by atoms with van der Waals surface area (Å²) in [4.78, 5) is 0. The molecule has 0 saturated heterocycles. The van der Waals surface area contributed by atoms with Crippen LogP contribution in [0.3, 0.4) is 0 Å². The normalized spacial score (nSPS) is 11.5. The quantitative estimate of drug-likeness (QED) is 0.165. The maximum Gasteiger partial charge on any atom is 0.128 e. The molecule has 0 unspecified atom stereocenters. The molecule has 11 rings (SSSR count).